The van der Waals surface area contributed by atoms with Gasteiger partial charge in [-0.2, -0.15) is 0 Å². The van der Waals surface area contributed by atoms with Crippen molar-refractivity contribution in [3.8, 4) is 5.75 Å². The van der Waals surface area contributed by atoms with Crippen LogP contribution in [-0.4, -0.2) is 11.2 Å². The minimum absolute atomic E-state index is 0.403. The zero-order chi connectivity index (χ0) is 13.1. The van der Waals surface area contributed by atoms with Crippen LogP contribution in [0.2, 0.25) is 10.0 Å². The molecule has 5 heteroatoms. The SMILES string of the molecule is CC(Oc1cccc(Cl)c1)C(O)c1sccc1Cl. The first-order valence-electron chi connectivity index (χ1n) is 5.41. The Bertz CT molecular complexity index is 527. The first-order valence-corrected chi connectivity index (χ1v) is 7.04. The summed E-state index contributed by atoms with van der Waals surface area (Å²) in [5.41, 5.74) is 0. The summed E-state index contributed by atoms with van der Waals surface area (Å²) in [5, 5.41) is 13.2. The second-order valence-electron chi connectivity index (χ2n) is 3.86. The van der Waals surface area contributed by atoms with Crippen LogP contribution in [0.3, 0.4) is 0 Å². The van der Waals surface area contributed by atoms with E-state index in [0.29, 0.717) is 20.7 Å². The number of aliphatic hydroxyl groups excluding tert-OH is 1. The van der Waals surface area contributed by atoms with E-state index in [1.54, 1.807) is 37.3 Å². The Morgan fingerprint density at radius 2 is 2.06 bits per heavy atom. The first kappa shape index (κ1) is 13.7. The van der Waals surface area contributed by atoms with Crippen LogP contribution in [0.5, 0.6) is 5.75 Å². The molecule has 0 aliphatic carbocycles. The lowest BCUT2D eigenvalue weighted by Crippen LogP contribution is -2.21. The van der Waals surface area contributed by atoms with E-state index in [9.17, 15) is 5.11 Å². The van der Waals surface area contributed by atoms with Gasteiger partial charge in [-0.05, 0) is 36.6 Å². The molecule has 0 radical (unpaired) electrons. The number of thiophene rings is 1. The van der Waals surface area contributed by atoms with Crippen molar-refractivity contribution in [1.29, 1.82) is 0 Å². The molecular formula is C13H12Cl2O2S. The Hall–Kier alpha value is -0.740. The van der Waals surface area contributed by atoms with E-state index in [2.05, 4.69) is 0 Å². The van der Waals surface area contributed by atoms with E-state index in [0.717, 1.165) is 0 Å². The zero-order valence-electron chi connectivity index (χ0n) is 9.64. The van der Waals surface area contributed by atoms with E-state index < -0.39 is 12.2 Å². The summed E-state index contributed by atoms with van der Waals surface area (Å²) in [6, 6.07) is 8.84. The van der Waals surface area contributed by atoms with Crippen molar-refractivity contribution in [2.24, 2.45) is 0 Å². The molecule has 0 spiro atoms. The number of ether oxygens (including phenoxy) is 1. The lowest BCUT2D eigenvalue weighted by molar-refractivity contribution is 0.0492. The van der Waals surface area contributed by atoms with Crippen LogP contribution in [0.15, 0.2) is 35.7 Å². The van der Waals surface area contributed by atoms with Crippen LogP contribution in [0.1, 0.15) is 17.9 Å². The Morgan fingerprint density at radius 1 is 1.28 bits per heavy atom. The van der Waals surface area contributed by atoms with E-state index in [-0.39, 0.29) is 0 Å². The van der Waals surface area contributed by atoms with E-state index >= 15 is 0 Å². The Morgan fingerprint density at radius 3 is 2.67 bits per heavy atom. The van der Waals surface area contributed by atoms with Gasteiger partial charge in [0.05, 0.1) is 9.90 Å². The van der Waals surface area contributed by atoms with Crippen molar-refractivity contribution in [3.05, 3.63) is 50.6 Å². The standard InChI is InChI=1S/C13H12Cl2O2S/c1-8(12(16)13-11(15)5-6-18-13)17-10-4-2-3-9(14)7-10/h2-8,12,16H,1H3. The lowest BCUT2D eigenvalue weighted by atomic mass is 10.2. The summed E-state index contributed by atoms with van der Waals surface area (Å²) in [4.78, 5) is 0.714. The molecular weight excluding hydrogens is 291 g/mol. The number of aliphatic hydroxyl groups is 1. The monoisotopic (exact) mass is 302 g/mol. The van der Waals surface area contributed by atoms with Crippen LogP contribution in [0.25, 0.3) is 0 Å². The molecule has 0 saturated heterocycles. The van der Waals surface area contributed by atoms with Gasteiger partial charge in [0.2, 0.25) is 0 Å². The molecule has 1 N–H and O–H groups in total. The maximum atomic E-state index is 10.2. The lowest BCUT2D eigenvalue weighted by Gasteiger charge is -2.20. The van der Waals surface area contributed by atoms with E-state index in [1.807, 2.05) is 5.38 Å². The van der Waals surface area contributed by atoms with Gasteiger partial charge in [0, 0.05) is 5.02 Å². The highest BCUT2D eigenvalue weighted by molar-refractivity contribution is 7.10. The third-order valence-electron chi connectivity index (χ3n) is 2.48. The smallest absolute Gasteiger partial charge is 0.127 e. The maximum Gasteiger partial charge on any atom is 0.127 e. The van der Waals surface area contributed by atoms with Crippen molar-refractivity contribution < 1.29 is 9.84 Å². The minimum Gasteiger partial charge on any atom is -0.488 e. The molecule has 96 valence electrons. The molecule has 18 heavy (non-hydrogen) atoms. The quantitative estimate of drug-likeness (QED) is 0.897. The summed E-state index contributed by atoms with van der Waals surface area (Å²) in [6.45, 7) is 1.79. The molecule has 0 aliphatic rings. The number of benzene rings is 1. The molecule has 1 aromatic carbocycles. The number of rotatable bonds is 4. The van der Waals surface area contributed by atoms with Gasteiger partial charge in [0.15, 0.2) is 0 Å². The van der Waals surface area contributed by atoms with Gasteiger partial charge >= 0.3 is 0 Å². The highest BCUT2D eigenvalue weighted by Crippen LogP contribution is 2.32. The van der Waals surface area contributed by atoms with Gasteiger partial charge < -0.3 is 9.84 Å². The second kappa shape index (κ2) is 5.93. The van der Waals surface area contributed by atoms with Gasteiger partial charge in [0.1, 0.15) is 18.0 Å². The molecule has 0 fully saturated rings. The fourth-order valence-corrected chi connectivity index (χ4v) is 2.97. The Balaban J connectivity index is 2.08. The van der Waals surface area contributed by atoms with Crippen LogP contribution in [-0.2, 0) is 0 Å². The summed E-state index contributed by atoms with van der Waals surface area (Å²) >= 11 is 13.3. The molecule has 2 atom stereocenters. The molecule has 0 bridgehead atoms. The van der Waals surface area contributed by atoms with Crippen LogP contribution >= 0.6 is 34.5 Å². The largest absolute Gasteiger partial charge is 0.488 e. The normalized spacial score (nSPS) is 14.2. The molecule has 1 heterocycles. The van der Waals surface area contributed by atoms with Crippen molar-refractivity contribution >= 4 is 34.5 Å². The number of hydrogen-bond donors (Lipinski definition) is 1. The highest BCUT2D eigenvalue weighted by atomic mass is 35.5. The van der Waals surface area contributed by atoms with Crippen molar-refractivity contribution in [2.75, 3.05) is 0 Å². The average molecular weight is 303 g/mol. The zero-order valence-corrected chi connectivity index (χ0v) is 12.0. The predicted molar refractivity (Wildman–Crippen MR) is 75.8 cm³/mol. The van der Waals surface area contributed by atoms with Gasteiger partial charge in [-0.15, -0.1) is 11.3 Å². The summed E-state index contributed by atoms with van der Waals surface area (Å²) in [7, 11) is 0. The molecule has 0 amide bonds. The summed E-state index contributed by atoms with van der Waals surface area (Å²) in [6.07, 6.45) is -1.16. The van der Waals surface area contributed by atoms with Gasteiger partial charge in [0.25, 0.3) is 0 Å². The van der Waals surface area contributed by atoms with Crippen molar-refractivity contribution in [3.63, 3.8) is 0 Å². The molecule has 2 aromatic rings. The van der Waals surface area contributed by atoms with Crippen LogP contribution in [0.4, 0.5) is 0 Å². The van der Waals surface area contributed by atoms with Crippen LogP contribution in [0, 0.1) is 0 Å². The summed E-state index contributed by atoms with van der Waals surface area (Å²) in [5.74, 6) is 0.627. The van der Waals surface area contributed by atoms with Gasteiger partial charge in [-0.3, -0.25) is 0 Å². The Kier molecular flexibility index (Phi) is 4.51. The third kappa shape index (κ3) is 3.18. The number of hydrogen-bond acceptors (Lipinski definition) is 3. The van der Waals surface area contributed by atoms with Crippen LogP contribution < -0.4 is 4.74 Å². The van der Waals surface area contributed by atoms with E-state index in [4.69, 9.17) is 27.9 Å². The van der Waals surface area contributed by atoms with E-state index in [1.165, 1.54) is 11.3 Å². The molecule has 1 aromatic heterocycles. The van der Waals surface area contributed by atoms with Crippen molar-refractivity contribution in [2.45, 2.75) is 19.1 Å². The minimum atomic E-state index is -0.753. The maximum absolute atomic E-state index is 10.2. The predicted octanol–water partition coefficient (Wildman–Crippen LogP) is 4.56. The fraction of sp³-hybridized carbons (Fsp3) is 0.231. The number of halogens is 2. The summed E-state index contributed by atoms with van der Waals surface area (Å²) < 4.78 is 5.65. The molecule has 0 aliphatic heterocycles. The molecule has 0 saturated carbocycles. The molecule has 2 unspecified atom stereocenters. The van der Waals surface area contributed by atoms with Gasteiger partial charge in [-0.1, -0.05) is 29.3 Å². The second-order valence-corrected chi connectivity index (χ2v) is 5.65. The Labute approximate surface area is 120 Å². The third-order valence-corrected chi connectivity index (χ3v) is 4.14. The molecule has 2 rings (SSSR count). The molecule has 2 nitrogen and oxygen atoms in total. The first-order chi connectivity index (χ1) is 8.58. The fourth-order valence-electron chi connectivity index (χ4n) is 1.55. The highest BCUT2D eigenvalue weighted by Gasteiger charge is 2.21. The average Bonchev–Trinajstić information content (AvgIpc) is 2.74. The topological polar surface area (TPSA) is 29.5 Å². The van der Waals surface area contributed by atoms with Gasteiger partial charge in [-0.25, -0.2) is 0 Å². The van der Waals surface area contributed by atoms with Crippen molar-refractivity contribution in [1.82, 2.24) is 0 Å².